The largest absolute Gasteiger partial charge is 0.459 e. The Bertz CT molecular complexity index is 1270. The van der Waals surface area contributed by atoms with Crippen LogP contribution in [0.25, 0.3) is 5.78 Å². The number of alkyl halides is 3. The minimum Gasteiger partial charge on any atom is -0.459 e. The molecule has 3 rings (SSSR count). The van der Waals surface area contributed by atoms with Crippen LogP contribution in [0.3, 0.4) is 0 Å². The normalized spacial score (nSPS) is 12.4. The van der Waals surface area contributed by atoms with E-state index < -0.39 is 62.0 Å². The number of anilines is 1. The first kappa shape index (κ1) is 22.4. The molecule has 1 aromatic carbocycles. The number of esters is 1. The van der Waals surface area contributed by atoms with Crippen LogP contribution in [0.15, 0.2) is 29.4 Å². The predicted molar refractivity (Wildman–Crippen MR) is 98.3 cm³/mol. The summed E-state index contributed by atoms with van der Waals surface area (Å²) < 4.78 is 86.5. The van der Waals surface area contributed by atoms with E-state index in [-0.39, 0.29) is 10.2 Å². The molecule has 0 fully saturated rings. The molecule has 0 saturated heterocycles. The molecule has 0 amide bonds. The molecule has 0 aliphatic rings. The summed E-state index contributed by atoms with van der Waals surface area (Å²) in [7, 11) is -4.81. The highest BCUT2D eigenvalue weighted by atomic mass is 32.2. The number of halogens is 4. The van der Waals surface area contributed by atoms with Gasteiger partial charge in [0.1, 0.15) is 5.82 Å². The van der Waals surface area contributed by atoms with Gasteiger partial charge < -0.3 is 4.74 Å². The molecule has 0 aliphatic carbocycles. The monoisotopic (exact) mass is 461 g/mol. The van der Waals surface area contributed by atoms with Gasteiger partial charge in [-0.25, -0.2) is 14.2 Å². The molecule has 166 valence electrons. The maximum atomic E-state index is 14.3. The lowest BCUT2D eigenvalue weighted by molar-refractivity contribution is -0.142. The number of para-hydroxylation sites is 1. The Morgan fingerprint density at radius 2 is 1.90 bits per heavy atom. The highest BCUT2D eigenvalue weighted by Crippen LogP contribution is 2.30. The number of sulfonamides is 1. The van der Waals surface area contributed by atoms with Crippen LogP contribution in [0.1, 0.15) is 35.6 Å². The molecule has 0 atom stereocenters. The van der Waals surface area contributed by atoms with Crippen molar-refractivity contribution >= 4 is 27.5 Å². The van der Waals surface area contributed by atoms with Gasteiger partial charge in [0, 0.05) is 5.69 Å². The Kier molecular flexibility index (Phi) is 5.60. The van der Waals surface area contributed by atoms with Crippen molar-refractivity contribution in [3.05, 3.63) is 47.0 Å². The van der Waals surface area contributed by atoms with Gasteiger partial charge in [-0.15, -0.1) is 5.10 Å². The van der Waals surface area contributed by atoms with E-state index in [2.05, 4.69) is 15.1 Å². The lowest BCUT2D eigenvalue weighted by Gasteiger charge is -2.13. The molecule has 0 aliphatic heterocycles. The molecular formula is C17H15F4N5O4S. The predicted octanol–water partition coefficient (Wildman–Crippen LogP) is 2.96. The van der Waals surface area contributed by atoms with E-state index in [4.69, 9.17) is 4.74 Å². The van der Waals surface area contributed by atoms with Crippen molar-refractivity contribution < 1.29 is 35.5 Å². The summed E-state index contributed by atoms with van der Waals surface area (Å²) in [5.74, 6) is -2.75. The zero-order valence-corrected chi connectivity index (χ0v) is 17.0. The number of aromatic nitrogens is 4. The fraction of sp³-hybridized carbons (Fsp3) is 0.294. The molecule has 31 heavy (non-hydrogen) atoms. The van der Waals surface area contributed by atoms with E-state index in [0.29, 0.717) is 6.07 Å². The molecule has 0 unspecified atom stereocenters. The Morgan fingerprint density at radius 3 is 2.52 bits per heavy atom. The van der Waals surface area contributed by atoms with Crippen molar-refractivity contribution in [2.45, 2.75) is 38.2 Å². The number of nitrogens with one attached hydrogen (secondary N) is 1. The average molecular weight is 461 g/mol. The first-order chi connectivity index (χ1) is 14.3. The first-order valence-corrected chi connectivity index (χ1v) is 10.1. The third-order valence-electron chi connectivity index (χ3n) is 3.76. The van der Waals surface area contributed by atoms with E-state index in [0.717, 1.165) is 18.2 Å². The Balaban J connectivity index is 2.09. The molecule has 14 heteroatoms. The van der Waals surface area contributed by atoms with Gasteiger partial charge in [0.2, 0.25) is 0 Å². The van der Waals surface area contributed by atoms with E-state index in [1.807, 2.05) is 4.72 Å². The zero-order valence-electron chi connectivity index (χ0n) is 16.2. The summed E-state index contributed by atoms with van der Waals surface area (Å²) in [6.07, 6.45) is -5.44. The number of carbonyl (C=O) groups excluding carboxylic acids is 1. The first-order valence-electron chi connectivity index (χ1n) is 8.63. The van der Waals surface area contributed by atoms with Crippen LogP contribution >= 0.6 is 0 Å². The number of aryl methyl sites for hydroxylation is 1. The van der Waals surface area contributed by atoms with Crippen LogP contribution in [0.2, 0.25) is 0 Å². The van der Waals surface area contributed by atoms with Gasteiger partial charge in [0.05, 0.1) is 17.4 Å². The Labute approximate surface area is 173 Å². The van der Waals surface area contributed by atoms with Crippen molar-refractivity contribution in [3.8, 4) is 0 Å². The van der Waals surface area contributed by atoms with Gasteiger partial charge in [-0.3, -0.25) is 4.72 Å². The molecule has 2 heterocycles. The molecule has 0 saturated carbocycles. The van der Waals surface area contributed by atoms with Crippen LogP contribution in [0.5, 0.6) is 0 Å². The average Bonchev–Trinajstić information content (AvgIpc) is 3.05. The molecule has 9 nitrogen and oxygen atoms in total. The van der Waals surface area contributed by atoms with Crippen molar-refractivity contribution in [2.24, 2.45) is 0 Å². The molecule has 2 aromatic heterocycles. The molecule has 1 N–H and O–H groups in total. The maximum absolute atomic E-state index is 14.3. The molecule has 0 spiro atoms. The lowest BCUT2D eigenvalue weighted by atomic mass is 10.2. The lowest BCUT2D eigenvalue weighted by Crippen LogP contribution is -2.20. The third kappa shape index (κ3) is 4.57. The van der Waals surface area contributed by atoms with Crippen molar-refractivity contribution in [1.82, 2.24) is 19.6 Å². The zero-order chi connectivity index (χ0) is 23.1. The smallest absolute Gasteiger partial charge is 0.433 e. The van der Waals surface area contributed by atoms with Crippen LogP contribution < -0.4 is 4.72 Å². The minimum absolute atomic E-state index is 0.0723. The van der Waals surface area contributed by atoms with Gasteiger partial charge in [-0.2, -0.15) is 31.1 Å². The quantitative estimate of drug-likeness (QED) is 0.459. The number of hydrogen-bond donors (Lipinski definition) is 1. The number of carbonyl (C=O) groups is 1. The SMILES string of the molecule is Cc1cc(C(F)(F)F)n2nc(S(=O)(=O)Nc3c(F)cccc3C(=O)OC(C)C)nc2n1. The van der Waals surface area contributed by atoms with Crippen LogP contribution in [0.4, 0.5) is 23.2 Å². The molecule has 0 radical (unpaired) electrons. The van der Waals surface area contributed by atoms with Gasteiger partial charge in [-0.05, 0) is 39.0 Å². The molecule has 3 aromatic rings. The number of rotatable bonds is 5. The standard InChI is InChI=1S/C17H15F4N5O4S/c1-8(2)30-14(27)10-5-4-6-11(18)13(10)25-31(28,29)16-23-15-22-9(3)7-12(17(19,20)21)26(15)24-16/h4-8,25H,1-3H3. The van der Waals surface area contributed by atoms with Gasteiger partial charge in [-0.1, -0.05) is 6.07 Å². The van der Waals surface area contributed by atoms with Gasteiger partial charge in [0.25, 0.3) is 21.0 Å². The Morgan fingerprint density at radius 1 is 1.23 bits per heavy atom. The molecular weight excluding hydrogens is 446 g/mol. The Hall–Kier alpha value is -3.29. The fourth-order valence-electron chi connectivity index (χ4n) is 2.54. The van der Waals surface area contributed by atoms with E-state index in [1.54, 1.807) is 0 Å². The van der Waals surface area contributed by atoms with E-state index in [1.165, 1.54) is 20.8 Å². The summed E-state index contributed by atoms with van der Waals surface area (Å²) in [4.78, 5) is 19.4. The van der Waals surface area contributed by atoms with Crippen molar-refractivity contribution in [1.29, 1.82) is 0 Å². The van der Waals surface area contributed by atoms with Gasteiger partial charge in [0.15, 0.2) is 5.69 Å². The summed E-state index contributed by atoms with van der Waals surface area (Å²) in [6.45, 7) is 4.34. The van der Waals surface area contributed by atoms with Crippen molar-refractivity contribution in [2.75, 3.05) is 4.72 Å². The second-order valence-electron chi connectivity index (χ2n) is 6.61. The maximum Gasteiger partial charge on any atom is 0.433 e. The van der Waals surface area contributed by atoms with Crippen LogP contribution in [-0.2, 0) is 20.9 Å². The van der Waals surface area contributed by atoms with Gasteiger partial charge >= 0.3 is 12.1 Å². The topological polar surface area (TPSA) is 116 Å². The van der Waals surface area contributed by atoms with E-state index >= 15 is 0 Å². The number of hydrogen-bond acceptors (Lipinski definition) is 7. The summed E-state index contributed by atoms with van der Waals surface area (Å²) >= 11 is 0. The number of fused-ring (bicyclic) bond motifs is 1. The number of benzene rings is 1. The summed E-state index contributed by atoms with van der Waals surface area (Å²) in [5, 5.41) is 2.28. The summed E-state index contributed by atoms with van der Waals surface area (Å²) in [5.41, 5.74) is -2.56. The second-order valence-corrected chi connectivity index (χ2v) is 8.18. The minimum atomic E-state index is -4.87. The highest BCUT2D eigenvalue weighted by Gasteiger charge is 2.36. The van der Waals surface area contributed by atoms with Crippen molar-refractivity contribution in [3.63, 3.8) is 0 Å². The third-order valence-corrected chi connectivity index (χ3v) is 4.89. The fourth-order valence-corrected chi connectivity index (χ4v) is 3.50. The summed E-state index contributed by atoms with van der Waals surface area (Å²) in [6, 6.07) is 3.83. The second kappa shape index (κ2) is 7.76. The van der Waals surface area contributed by atoms with E-state index in [9.17, 15) is 30.8 Å². The van der Waals surface area contributed by atoms with Crippen LogP contribution in [0, 0.1) is 12.7 Å². The highest BCUT2D eigenvalue weighted by molar-refractivity contribution is 7.92. The molecule has 0 bridgehead atoms. The van der Waals surface area contributed by atoms with Crippen LogP contribution in [-0.4, -0.2) is 40.1 Å². The number of ether oxygens (including phenoxy) is 1. The number of nitrogens with zero attached hydrogens (tertiary/aromatic N) is 4.